The summed E-state index contributed by atoms with van der Waals surface area (Å²) in [6, 6.07) is 66.1. The summed E-state index contributed by atoms with van der Waals surface area (Å²) in [6.07, 6.45) is 8.35. The van der Waals surface area contributed by atoms with Crippen molar-refractivity contribution < 1.29 is 0 Å². The monoisotopic (exact) mass is 751 g/mol. The van der Waals surface area contributed by atoms with E-state index in [0.29, 0.717) is 0 Å². The lowest BCUT2D eigenvalue weighted by Crippen LogP contribution is -1.98. The molecule has 0 spiro atoms. The number of benzene rings is 9. The predicted molar refractivity (Wildman–Crippen MR) is 249 cm³/mol. The van der Waals surface area contributed by atoms with Gasteiger partial charge in [0, 0.05) is 27.2 Å². The van der Waals surface area contributed by atoms with E-state index in [1.807, 2.05) is 6.20 Å². The summed E-state index contributed by atoms with van der Waals surface area (Å²) < 4.78 is 2.42. The first-order valence-corrected chi connectivity index (χ1v) is 20.4. The van der Waals surface area contributed by atoms with E-state index in [9.17, 15) is 0 Å². The molecule has 0 bridgehead atoms. The third-order valence-corrected chi connectivity index (χ3v) is 12.4. The van der Waals surface area contributed by atoms with Gasteiger partial charge >= 0.3 is 0 Å². The number of rotatable bonds is 5. The normalized spacial score (nSPS) is 13.2. The number of hydrogen-bond donors (Lipinski definition) is 0. The van der Waals surface area contributed by atoms with E-state index < -0.39 is 0 Å². The van der Waals surface area contributed by atoms with Crippen molar-refractivity contribution in [3.05, 3.63) is 212 Å². The fourth-order valence-corrected chi connectivity index (χ4v) is 9.37. The van der Waals surface area contributed by atoms with E-state index in [2.05, 4.69) is 199 Å². The van der Waals surface area contributed by atoms with Gasteiger partial charge in [0.05, 0.1) is 34.0 Å². The number of aromatic nitrogens is 3. The van der Waals surface area contributed by atoms with Crippen molar-refractivity contribution in [2.75, 3.05) is 0 Å². The Morgan fingerprint density at radius 2 is 0.966 bits per heavy atom. The molecule has 0 fully saturated rings. The first-order chi connectivity index (χ1) is 29.2. The van der Waals surface area contributed by atoms with Gasteiger partial charge in [0.15, 0.2) is 0 Å². The van der Waals surface area contributed by atoms with Crippen molar-refractivity contribution in [3.8, 4) is 27.9 Å². The maximum absolute atomic E-state index is 5.24. The Morgan fingerprint density at radius 1 is 0.373 bits per heavy atom. The first-order valence-electron chi connectivity index (χ1n) is 20.4. The Bertz CT molecular complexity index is 3510. The molecule has 3 nitrogen and oxygen atoms in total. The van der Waals surface area contributed by atoms with Gasteiger partial charge in [-0.3, -0.25) is 4.98 Å². The first kappa shape index (κ1) is 33.5. The smallest absolute Gasteiger partial charge is 0.0979 e. The minimum absolute atomic E-state index is 0.922. The Labute approximate surface area is 341 Å². The quantitative estimate of drug-likeness (QED) is 0.164. The molecular formula is C56H37N3. The molecule has 12 rings (SSSR count). The number of allylic oxidation sites excluding steroid dienone is 4. The molecule has 1 aliphatic carbocycles. The fourth-order valence-electron chi connectivity index (χ4n) is 9.37. The molecule has 2 heterocycles. The zero-order valence-corrected chi connectivity index (χ0v) is 32.3. The van der Waals surface area contributed by atoms with Crippen molar-refractivity contribution in [2.45, 2.75) is 12.8 Å². The van der Waals surface area contributed by atoms with E-state index >= 15 is 0 Å². The van der Waals surface area contributed by atoms with Gasteiger partial charge in [-0.25, -0.2) is 4.98 Å². The average molecular weight is 752 g/mol. The summed E-state index contributed by atoms with van der Waals surface area (Å²) in [5, 5.41) is 9.75. The third-order valence-electron chi connectivity index (χ3n) is 12.4. The van der Waals surface area contributed by atoms with Crippen molar-refractivity contribution >= 4 is 76.3 Å². The van der Waals surface area contributed by atoms with Crippen LogP contribution in [0.3, 0.4) is 0 Å². The number of fused-ring (bicyclic) bond motifs is 10. The third kappa shape index (κ3) is 5.58. The van der Waals surface area contributed by atoms with Crippen LogP contribution in [0.2, 0.25) is 0 Å². The largest absolute Gasteiger partial charge is 0.309 e. The molecule has 0 unspecified atom stereocenters. The van der Waals surface area contributed by atoms with E-state index in [1.165, 1.54) is 88.0 Å². The van der Waals surface area contributed by atoms with E-state index in [-0.39, 0.29) is 0 Å². The summed E-state index contributed by atoms with van der Waals surface area (Å²) >= 11 is 0. The molecule has 2 aromatic heterocycles. The topological polar surface area (TPSA) is 30.7 Å². The van der Waals surface area contributed by atoms with Crippen molar-refractivity contribution in [2.24, 2.45) is 0 Å². The molecule has 1 aliphatic rings. The van der Waals surface area contributed by atoms with Crippen LogP contribution in [-0.2, 0) is 0 Å². The van der Waals surface area contributed by atoms with Gasteiger partial charge < -0.3 is 4.57 Å². The van der Waals surface area contributed by atoms with Crippen LogP contribution >= 0.6 is 0 Å². The van der Waals surface area contributed by atoms with Crippen LogP contribution < -0.4 is 0 Å². The highest BCUT2D eigenvalue weighted by Crippen LogP contribution is 2.38. The van der Waals surface area contributed by atoms with E-state index in [0.717, 1.165) is 40.3 Å². The molecular weight excluding hydrogens is 715 g/mol. The molecule has 0 amide bonds. The van der Waals surface area contributed by atoms with Crippen molar-refractivity contribution in [1.29, 1.82) is 0 Å². The highest BCUT2D eigenvalue weighted by atomic mass is 15.0. The van der Waals surface area contributed by atoms with Crippen LogP contribution in [0.5, 0.6) is 0 Å². The highest BCUT2D eigenvalue weighted by molar-refractivity contribution is 6.23. The van der Waals surface area contributed by atoms with Crippen molar-refractivity contribution in [1.82, 2.24) is 14.5 Å². The molecule has 11 aromatic rings. The van der Waals surface area contributed by atoms with Gasteiger partial charge in [-0.15, -0.1) is 0 Å². The van der Waals surface area contributed by atoms with E-state index in [1.54, 1.807) is 0 Å². The molecule has 0 N–H and O–H groups in total. The zero-order chi connectivity index (χ0) is 38.9. The van der Waals surface area contributed by atoms with Crippen LogP contribution in [0.15, 0.2) is 200 Å². The van der Waals surface area contributed by atoms with Crippen LogP contribution in [-0.4, -0.2) is 14.5 Å². The van der Waals surface area contributed by atoms with Crippen LogP contribution in [0, 0.1) is 0 Å². The summed E-state index contributed by atoms with van der Waals surface area (Å²) in [7, 11) is 0. The zero-order valence-electron chi connectivity index (χ0n) is 32.3. The van der Waals surface area contributed by atoms with Crippen molar-refractivity contribution in [3.63, 3.8) is 0 Å². The molecule has 0 aliphatic heterocycles. The van der Waals surface area contributed by atoms with Crippen LogP contribution in [0.4, 0.5) is 0 Å². The maximum Gasteiger partial charge on any atom is 0.0979 e. The van der Waals surface area contributed by atoms with Gasteiger partial charge in [-0.2, -0.15) is 0 Å². The second-order valence-corrected chi connectivity index (χ2v) is 15.7. The van der Waals surface area contributed by atoms with Gasteiger partial charge in [-0.05, 0) is 104 Å². The Hall–Kier alpha value is -7.62. The molecule has 3 heteroatoms. The minimum Gasteiger partial charge on any atom is -0.309 e. The van der Waals surface area contributed by atoms with Gasteiger partial charge in [0.1, 0.15) is 0 Å². The summed E-state index contributed by atoms with van der Waals surface area (Å²) in [5.74, 6) is 0. The summed E-state index contributed by atoms with van der Waals surface area (Å²) in [6.45, 7) is 0. The SMILES string of the molecule is C1=C(c2ccc(-c3cccc(-c4ccc5c6ccccc6n(-c6ccc7ccccc7c6)c5c4)c3)cc2)CCC(c2cnc3c4ccccc4c4ccccc4c3n2)=C1. The lowest BCUT2D eigenvalue weighted by atomic mass is 9.90. The second kappa shape index (κ2) is 13.5. The lowest BCUT2D eigenvalue weighted by Gasteiger charge is -2.16. The molecule has 0 saturated heterocycles. The van der Waals surface area contributed by atoms with Gasteiger partial charge in [-0.1, -0.05) is 164 Å². The fraction of sp³-hybridized carbons (Fsp3) is 0.0357. The average Bonchev–Trinajstić information content (AvgIpc) is 3.65. The minimum atomic E-state index is 0.922. The molecule has 0 atom stereocenters. The second-order valence-electron chi connectivity index (χ2n) is 15.7. The molecule has 9 aromatic carbocycles. The van der Waals surface area contributed by atoms with Crippen LogP contribution in [0.25, 0.3) is 104 Å². The Kier molecular flexibility index (Phi) is 7.67. The highest BCUT2D eigenvalue weighted by Gasteiger charge is 2.17. The molecule has 59 heavy (non-hydrogen) atoms. The number of nitrogens with zero attached hydrogens (tertiary/aromatic N) is 3. The molecule has 276 valence electrons. The van der Waals surface area contributed by atoms with Crippen LogP contribution in [0.1, 0.15) is 24.1 Å². The van der Waals surface area contributed by atoms with Gasteiger partial charge in [0.2, 0.25) is 0 Å². The lowest BCUT2D eigenvalue weighted by molar-refractivity contribution is 1.05. The number of para-hydroxylation sites is 1. The molecule has 0 saturated carbocycles. The standard InChI is InChI=1S/C56H37N3/c1-2-11-43-33-45(30-28-36(43)10-1)59-53-19-8-7-16-48(53)49-31-29-44(34-54(49)59)42-13-9-12-41(32-42)39-22-20-37(21-23-39)38-24-26-40(27-25-38)52-35-57-55-50-17-5-3-14-46(50)47-15-4-6-18-51(47)56(55)58-52/h1-24,26,28-35H,25,27H2. The molecule has 0 radical (unpaired) electrons. The Morgan fingerprint density at radius 3 is 1.75 bits per heavy atom. The summed E-state index contributed by atoms with van der Waals surface area (Å²) in [4.78, 5) is 10.2. The maximum atomic E-state index is 5.24. The predicted octanol–water partition coefficient (Wildman–Crippen LogP) is 14.8. The Balaban J connectivity index is 0.848. The summed E-state index contributed by atoms with van der Waals surface area (Å²) in [5.41, 5.74) is 15.1. The van der Waals surface area contributed by atoms with E-state index in [4.69, 9.17) is 9.97 Å². The van der Waals surface area contributed by atoms with Gasteiger partial charge in [0.25, 0.3) is 0 Å². The number of hydrogen-bond acceptors (Lipinski definition) is 2.